The molecule has 1 aromatic rings. The lowest BCUT2D eigenvalue weighted by molar-refractivity contribution is 0.258. The molecule has 1 heterocycles. The van der Waals surface area contributed by atoms with Gasteiger partial charge in [-0.1, -0.05) is 18.2 Å². The zero-order valence-corrected chi connectivity index (χ0v) is 10.6. The normalized spacial score (nSPS) is 29.4. The van der Waals surface area contributed by atoms with Crippen LogP contribution in [-0.4, -0.2) is 25.3 Å². The van der Waals surface area contributed by atoms with Crippen molar-refractivity contribution in [2.24, 2.45) is 5.92 Å². The lowest BCUT2D eigenvalue weighted by Crippen LogP contribution is -2.42. The van der Waals surface area contributed by atoms with Crippen LogP contribution in [0.2, 0.25) is 0 Å². The Morgan fingerprint density at radius 3 is 2.59 bits per heavy atom. The highest BCUT2D eigenvalue weighted by atomic mass is 32.2. The molecule has 1 saturated carbocycles. The number of rotatable bonds is 2. The van der Waals surface area contributed by atoms with E-state index in [4.69, 9.17) is 0 Å². The summed E-state index contributed by atoms with van der Waals surface area (Å²) in [5, 5.41) is 0. The minimum absolute atomic E-state index is 0.249. The zero-order valence-electron chi connectivity index (χ0n) is 9.75. The molecule has 1 saturated heterocycles. The molecule has 0 spiro atoms. The Balaban J connectivity index is 1.93. The Labute approximate surface area is 102 Å². The molecule has 1 aliphatic heterocycles. The zero-order chi connectivity index (χ0) is 11.9. The van der Waals surface area contributed by atoms with E-state index in [1.807, 2.05) is 6.07 Å². The maximum atomic E-state index is 12.5. The van der Waals surface area contributed by atoms with Gasteiger partial charge in [0.1, 0.15) is 0 Å². The topological polar surface area (TPSA) is 37.4 Å². The number of sulfonamides is 1. The molecule has 3 nitrogen and oxygen atoms in total. The van der Waals surface area contributed by atoms with Gasteiger partial charge >= 0.3 is 0 Å². The van der Waals surface area contributed by atoms with Crippen LogP contribution in [-0.2, 0) is 10.0 Å². The lowest BCUT2D eigenvalue weighted by atomic mass is 10.0. The van der Waals surface area contributed by atoms with Crippen LogP contribution in [0.25, 0.3) is 0 Å². The maximum Gasteiger partial charge on any atom is 0.243 e. The summed E-state index contributed by atoms with van der Waals surface area (Å²) in [4.78, 5) is 0.436. The first-order valence-corrected chi connectivity index (χ1v) is 7.69. The molecule has 0 N–H and O–H groups in total. The molecule has 2 aliphatic rings. The fourth-order valence-electron chi connectivity index (χ4n) is 3.11. The molecule has 2 unspecified atom stereocenters. The van der Waals surface area contributed by atoms with Gasteiger partial charge in [-0.25, -0.2) is 8.42 Å². The highest BCUT2D eigenvalue weighted by molar-refractivity contribution is 7.89. The molecule has 3 rings (SSSR count). The minimum atomic E-state index is -3.26. The van der Waals surface area contributed by atoms with Gasteiger partial charge in [0, 0.05) is 12.6 Å². The van der Waals surface area contributed by atoms with Crippen LogP contribution in [0.3, 0.4) is 0 Å². The van der Waals surface area contributed by atoms with Crippen LogP contribution in [0, 0.1) is 5.92 Å². The molecule has 0 amide bonds. The van der Waals surface area contributed by atoms with E-state index >= 15 is 0 Å². The van der Waals surface area contributed by atoms with Crippen molar-refractivity contribution >= 4 is 10.0 Å². The largest absolute Gasteiger partial charge is 0.243 e. The Bertz CT molecular complexity index is 497. The van der Waals surface area contributed by atoms with Crippen molar-refractivity contribution in [2.75, 3.05) is 6.54 Å². The predicted molar refractivity (Wildman–Crippen MR) is 66.1 cm³/mol. The Kier molecular flexibility index (Phi) is 2.71. The van der Waals surface area contributed by atoms with Gasteiger partial charge in [0.15, 0.2) is 0 Å². The van der Waals surface area contributed by atoms with Crippen LogP contribution < -0.4 is 0 Å². The lowest BCUT2D eigenvalue weighted by Gasteiger charge is -2.32. The van der Waals surface area contributed by atoms with E-state index < -0.39 is 10.0 Å². The number of piperidine rings is 1. The summed E-state index contributed by atoms with van der Waals surface area (Å²) in [6.45, 7) is 0.701. The van der Waals surface area contributed by atoms with Crippen molar-refractivity contribution in [1.82, 2.24) is 4.31 Å². The van der Waals surface area contributed by atoms with E-state index in [1.165, 1.54) is 6.42 Å². The smallest absolute Gasteiger partial charge is 0.207 e. The summed E-state index contributed by atoms with van der Waals surface area (Å²) < 4.78 is 26.7. The number of hydrogen-bond donors (Lipinski definition) is 0. The summed E-state index contributed by atoms with van der Waals surface area (Å²) in [6.07, 6.45) is 4.33. The van der Waals surface area contributed by atoms with E-state index in [2.05, 4.69) is 0 Å². The van der Waals surface area contributed by atoms with Crippen molar-refractivity contribution in [3.05, 3.63) is 30.3 Å². The van der Waals surface area contributed by atoms with Gasteiger partial charge in [0.2, 0.25) is 10.0 Å². The van der Waals surface area contributed by atoms with Gasteiger partial charge in [0.05, 0.1) is 4.90 Å². The van der Waals surface area contributed by atoms with Gasteiger partial charge in [-0.2, -0.15) is 4.31 Å². The molecule has 1 aliphatic carbocycles. The fourth-order valence-corrected chi connectivity index (χ4v) is 4.81. The third-order valence-electron chi connectivity index (χ3n) is 4.03. The molecular formula is C13H17NO2S. The van der Waals surface area contributed by atoms with E-state index in [0.29, 0.717) is 11.4 Å². The SMILES string of the molecule is O=S(=O)(c1ccccc1)N1CCC2CCC1C2. The van der Waals surface area contributed by atoms with Crippen molar-refractivity contribution in [2.45, 2.75) is 36.6 Å². The monoisotopic (exact) mass is 251 g/mol. The average molecular weight is 251 g/mol. The quantitative estimate of drug-likeness (QED) is 0.808. The van der Waals surface area contributed by atoms with Crippen molar-refractivity contribution in [1.29, 1.82) is 0 Å². The Morgan fingerprint density at radius 1 is 1.06 bits per heavy atom. The summed E-state index contributed by atoms with van der Waals surface area (Å²) in [6, 6.07) is 9.05. The molecule has 1 aromatic carbocycles. The van der Waals surface area contributed by atoms with Crippen LogP contribution in [0.5, 0.6) is 0 Å². The summed E-state index contributed by atoms with van der Waals surface area (Å²) in [5.74, 6) is 0.766. The molecule has 2 bridgehead atoms. The average Bonchev–Trinajstić information content (AvgIpc) is 2.71. The predicted octanol–water partition coefficient (Wildman–Crippen LogP) is 2.25. The second-order valence-corrected chi connectivity index (χ2v) is 6.94. The number of fused-ring (bicyclic) bond motifs is 2. The van der Waals surface area contributed by atoms with E-state index in [-0.39, 0.29) is 6.04 Å². The highest BCUT2D eigenvalue weighted by Gasteiger charge is 2.40. The van der Waals surface area contributed by atoms with Crippen LogP contribution in [0.1, 0.15) is 25.7 Å². The first kappa shape index (κ1) is 11.2. The number of nitrogens with zero attached hydrogens (tertiary/aromatic N) is 1. The van der Waals surface area contributed by atoms with Gasteiger partial charge < -0.3 is 0 Å². The second kappa shape index (κ2) is 4.10. The summed E-state index contributed by atoms with van der Waals surface area (Å²) in [5.41, 5.74) is 0. The van der Waals surface area contributed by atoms with Gasteiger partial charge in [-0.15, -0.1) is 0 Å². The first-order chi connectivity index (χ1) is 8.18. The number of benzene rings is 1. The number of hydrogen-bond acceptors (Lipinski definition) is 2. The van der Waals surface area contributed by atoms with E-state index in [9.17, 15) is 8.42 Å². The standard InChI is InChI=1S/C13H17NO2S/c15-17(16,13-4-2-1-3-5-13)14-9-8-11-6-7-12(14)10-11/h1-5,11-12H,6-10H2. The molecule has 2 fully saturated rings. The van der Waals surface area contributed by atoms with Crippen molar-refractivity contribution < 1.29 is 8.42 Å². The Morgan fingerprint density at radius 2 is 1.82 bits per heavy atom. The minimum Gasteiger partial charge on any atom is -0.207 e. The second-order valence-electron chi connectivity index (χ2n) is 5.05. The van der Waals surface area contributed by atoms with Gasteiger partial charge in [-0.3, -0.25) is 0 Å². The van der Waals surface area contributed by atoms with Gasteiger partial charge in [0.25, 0.3) is 0 Å². The van der Waals surface area contributed by atoms with Crippen LogP contribution in [0.4, 0.5) is 0 Å². The van der Waals surface area contributed by atoms with Crippen LogP contribution in [0.15, 0.2) is 35.2 Å². The molecule has 17 heavy (non-hydrogen) atoms. The molecule has 0 radical (unpaired) electrons. The highest BCUT2D eigenvalue weighted by Crippen LogP contribution is 2.38. The summed E-state index contributed by atoms with van der Waals surface area (Å²) in [7, 11) is -3.26. The fraction of sp³-hybridized carbons (Fsp3) is 0.538. The molecule has 4 heteroatoms. The van der Waals surface area contributed by atoms with Crippen molar-refractivity contribution in [3.63, 3.8) is 0 Å². The third-order valence-corrected chi connectivity index (χ3v) is 5.99. The first-order valence-electron chi connectivity index (χ1n) is 6.25. The third kappa shape index (κ3) is 1.89. The van der Waals surface area contributed by atoms with Crippen LogP contribution >= 0.6 is 0 Å². The maximum absolute atomic E-state index is 12.5. The van der Waals surface area contributed by atoms with Crippen molar-refractivity contribution in [3.8, 4) is 0 Å². The molecule has 2 atom stereocenters. The summed E-state index contributed by atoms with van der Waals surface area (Å²) >= 11 is 0. The van der Waals surface area contributed by atoms with E-state index in [0.717, 1.165) is 25.2 Å². The molecule has 92 valence electrons. The van der Waals surface area contributed by atoms with Gasteiger partial charge in [-0.05, 0) is 43.7 Å². The van der Waals surface area contributed by atoms with E-state index in [1.54, 1.807) is 28.6 Å². The Hall–Kier alpha value is -0.870. The molecular weight excluding hydrogens is 234 g/mol. The molecule has 0 aromatic heterocycles.